The summed E-state index contributed by atoms with van der Waals surface area (Å²) in [5.41, 5.74) is 0. The minimum absolute atomic E-state index is 0.0366. The minimum Gasteiger partial charge on any atom is -0.469 e. The van der Waals surface area contributed by atoms with Crippen LogP contribution in [0.3, 0.4) is 0 Å². The van der Waals surface area contributed by atoms with Crippen molar-refractivity contribution in [2.24, 2.45) is 0 Å². The average Bonchev–Trinajstić information content (AvgIpc) is 3.80. The molecule has 59 heavy (non-hydrogen) atoms. The van der Waals surface area contributed by atoms with Gasteiger partial charge in [-0.25, -0.2) is 0 Å². The lowest BCUT2D eigenvalue weighted by molar-refractivity contribution is -0.364. The molecule has 0 bridgehead atoms. The van der Waals surface area contributed by atoms with Gasteiger partial charge in [-0.2, -0.15) is 0 Å². The Morgan fingerprint density at radius 1 is 0.559 bits per heavy atom. The molecule has 6 aliphatic heterocycles. The molecule has 0 amide bonds. The lowest BCUT2D eigenvalue weighted by Crippen LogP contribution is -2.64. The molecule has 0 aromatic rings. The zero-order valence-corrected chi connectivity index (χ0v) is 37.6. The molecule has 1 N–H and O–H groups in total. The van der Waals surface area contributed by atoms with Crippen LogP contribution >= 0.6 is 0 Å². The Balaban J connectivity index is 1.14. The van der Waals surface area contributed by atoms with Crippen molar-refractivity contribution in [1.29, 1.82) is 0 Å². The van der Waals surface area contributed by atoms with E-state index in [1.54, 1.807) is 6.92 Å². The number of ether oxygens (including phenoxy) is 13. The second-order valence-corrected chi connectivity index (χ2v) is 18.9. The quantitative estimate of drug-likeness (QED) is 0.104. The highest BCUT2D eigenvalue weighted by molar-refractivity contribution is 5.68. The normalized spacial score (nSPS) is 41.3. The van der Waals surface area contributed by atoms with Crippen LogP contribution in [0.4, 0.5) is 0 Å². The van der Waals surface area contributed by atoms with Crippen molar-refractivity contribution in [1.82, 2.24) is 0 Å². The van der Waals surface area contributed by atoms with E-state index in [2.05, 4.69) is 6.92 Å². The van der Waals surface area contributed by atoms with Gasteiger partial charge in [0.1, 0.15) is 54.9 Å². The molecule has 6 rings (SSSR count). The van der Waals surface area contributed by atoms with Crippen LogP contribution < -0.4 is 0 Å². The van der Waals surface area contributed by atoms with E-state index in [0.717, 1.165) is 77.0 Å². The highest BCUT2D eigenvalue weighted by Crippen LogP contribution is 2.45. The molecule has 6 saturated heterocycles. The molecular formula is C44H76O15. The highest BCUT2D eigenvalue weighted by atomic mass is 16.8. The van der Waals surface area contributed by atoms with Crippen molar-refractivity contribution in [3.8, 4) is 0 Å². The standard InChI is InChI=1S/C44H76O15/c1-12-13-19-22-28(23-20-17-15-14-16-18-21-24-29(45)47-11)51-39-36(35-32(27(4)50-39)54-42(5,6)57-35)53-41-38-34(56-44(9,10)59-38)31(26(3)49-41)52-40-37-33(30(46)25(2)48-40)55-43(7,8)58-37/h25-28,30-41,46H,12-24H2,1-11H3/t25-,26-,27+,28-,30-,31-,32-,33+,34+,35-,36+,37+,38+,39-,40-,41-/m0/s1. The van der Waals surface area contributed by atoms with Gasteiger partial charge in [0.05, 0.1) is 31.5 Å². The number of aliphatic hydroxyl groups excluding tert-OH is 1. The molecule has 0 saturated carbocycles. The monoisotopic (exact) mass is 845 g/mol. The van der Waals surface area contributed by atoms with E-state index >= 15 is 0 Å². The maximum absolute atomic E-state index is 11.4. The molecule has 342 valence electrons. The maximum atomic E-state index is 11.4. The maximum Gasteiger partial charge on any atom is 0.305 e. The number of rotatable bonds is 20. The van der Waals surface area contributed by atoms with Gasteiger partial charge >= 0.3 is 5.97 Å². The summed E-state index contributed by atoms with van der Waals surface area (Å²) in [6.45, 7) is 19.1. The van der Waals surface area contributed by atoms with Gasteiger partial charge in [-0.05, 0) is 81.6 Å². The van der Waals surface area contributed by atoms with Crippen LogP contribution in [0.5, 0.6) is 0 Å². The molecule has 15 heteroatoms. The first-order valence-corrected chi connectivity index (χ1v) is 22.7. The fourth-order valence-electron chi connectivity index (χ4n) is 9.49. The fraction of sp³-hybridized carbons (Fsp3) is 0.977. The minimum atomic E-state index is -0.973. The van der Waals surface area contributed by atoms with E-state index in [-0.39, 0.29) is 18.2 Å². The topological polar surface area (TPSA) is 157 Å². The second kappa shape index (κ2) is 20.2. The van der Waals surface area contributed by atoms with Crippen LogP contribution in [0.25, 0.3) is 0 Å². The van der Waals surface area contributed by atoms with E-state index in [0.29, 0.717) is 6.42 Å². The summed E-state index contributed by atoms with van der Waals surface area (Å²) in [5, 5.41) is 10.9. The molecule has 0 aliphatic carbocycles. The summed E-state index contributed by atoms with van der Waals surface area (Å²) in [6, 6.07) is 0. The third-order valence-corrected chi connectivity index (χ3v) is 12.4. The number of aliphatic hydroxyl groups is 1. The summed E-state index contributed by atoms with van der Waals surface area (Å²) in [6.07, 6.45) is 3.41. The van der Waals surface area contributed by atoms with Crippen molar-refractivity contribution in [3.05, 3.63) is 0 Å². The lowest BCUT2D eigenvalue weighted by Gasteiger charge is -2.47. The SMILES string of the molecule is CCCCC[C@@H](CCCCCCCCCC(=O)OC)O[C@@H]1O[C@H](C)[C@@H]2OC(C)(C)O[C@@H]2[C@H]1O[C@@H]1O[C@@H](C)[C@H](O[C@@H]2O[C@@H](C)[C@H](O)[C@H]3OC(C)(C)O[C@@H]23)[C@H]2OC(C)(C)O[C@@H]12. The number of carbonyl (C=O) groups is 1. The van der Waals surface area contributed by atoms with Crippen molar-refractivity contribution < 1.29 is 71.5 Å². The van der Waals surface area contributed by atoms with Gasteiger partial charge in [-0.15, -0.1) is 0 Å². The van der Waals surface area contributed by atoms with E-state index in [1.165, 1.54) is 7.11 Å². The predicted octanol–water partition coefficient (Wildman–Crippen LogP) is 6.56. The van der Waals surface area contributed by atoms with Gasteiger partial charge in [-0.1, -0.05) is 64.7 Å². The number of fused-ring (bicyclic) bond motifs is 3. The van der Waals surface area contributed by atoms with Crippen molar-refractivity contribution in [2.45, 2.75) is 268 Å². The number of hydrogen-bond acceptors (Lipinski definition) is 15. The van der Waals surface area contributed by atoms with Crippen molar-refractivity contribution in [3.63, 3.8) is 0 Å². The van der Waals surface area contributed by atoms with E-state index in [1.807, 2.05) is 55.4 Å². The number of hydrogen-bond donors (Lipinski definition) is 1. The molecular weight excluding hydrogens is 768 g/mol. The number of carbonyl (C=O) groups excluding carboxylic acids is 1. The van der Waals surface area contributed by atoms with Crippen LogP contribution in [0, 0.1) is 0 Å². The first kappa shape index (κ1) is 47.4. The van der Waals surface area contributed by atoms with Gasteiger partial charge in [0, 0.05) is 6.42 Å². The largest absolute Gasteiger partial charge is 0.469 e. The Labute approximate surface area is 352 Å². The average molecular weight is 845 g/mol. The third kappa shape index (κ3) is 12.0. The van der Waals surface area contributed by atoms with Crippen LogP contribution in [0.2, 0.25) is 0 Å². The van der Waals surface area contributed by atoms with Crippen molar-refractivity contribution in [2.75, 3.05) is 7.11 Å². The molecule has 0 aromatic carbocycles. The van der Waals surface area contributed by atoms with Crippen LogP contribution in [-0.2, 0) is 66.4 Å². The van der Waals surface area contributed by atoms with Crippen molar-refractivity contribution >= 4 is 5.97 Å². The van der Waals surface area contributed by atoms with Gasteiger partial charge in [0.25, 0.3) is 0 Å². The predicted molar refractivity (Wildman–Crippen MR) is 213 cm³/mol. The summed E-state index contributed by atoms with van der Waals surface area (Å²) >= 11 is 0. The molecule has 6 aliphatic rings. The number of esters is 1. The Hall–Kier alpha value is -1.05. The third-order valence-electron chi connectivity index (χ3n) is 12.4. The van der Waals surface area contributed by atoms with E-state index in [9.17, 15) is 9.90 Å². The summed E-state index contributed by atoms with van der Waals surface area (Å²) in [5.74, 6) is -2.89. The molecule has 0 spiro atoms. The molecule has 0 aromatic heterocycles. The zero-order valence-electron chi connectivity index (χ0n) is 37.6. The van der Waals surface area contributed by atoms with E-state index in [4.69, 9.17) is 61.6 Å². The smallest absolute Gasteiger partial charge is 0.305 e. The van der Waals surface area contributed by atoms with Gasteiger partial charge < -0.3 is 66.7 Å². The van der Waals surface area contributed by atoms with Crippen LogP contribution in [0.1, 0.15) is 153 Å². The molecule has 6 fully saturated rings. The summed E-state index contributed by atoms with van der Waals surface area (Å²) in [7, 11) is 1.44. The van der Waals surface area contributed by atoms with Crippen LogP contribution in [0.15, 0.2) is 0 Å². The van der Waals surface area contributed by atoms with Gasteiger partial charge in [0.2, 0.25) is 0 Å². The lowest BCUT2D eigenvalue weighted by atomic mass is 9.96. The zero-order chi connectivity index (χ0) is 42.7. The fourth-order valence-corrected chi connectivity index (χ4v) is 9.49. The summed E-state index contributed by atoms with van der Waals surface area (Å²) < 4.78 is 83.4. The molecule has 0 radical (unpaired) electrons. The Kier molecular flexibility index (Phi) is 16.2. The Morgan fingerprint density at radius 2 is 1.02 bits per heavy atom. The van der Waals surface area contributed by atoms with Gasteiger partial charge in [0.15, 0.2) is 36.2 Å². The van der Waals surface area contributed by atoms with Gasteiger partial charge in [-0.3, -0.25) is 4.79 Å². The molecule has 16 atom stereocenters. The van der Waals surface area contributed by atoms with E-state index < -0.39 is 103 Å². The molecule has 15 nitrogen and oxygen atoms in total. The summed E-state index contributed by atoms with van der Waals surface area (Å²) in [4.78, 5) is 11.4. The number of unbranched alkanes of at least 4 members (excludes halogenated alkanes) is 8. The van der Waals surface area contributed by atoms with Crippen LogP contribution in [-0.4, -0.2) is 134 Å². The first-order chi connectivity index (χ1) is 27.9. The second-order valence-electron chi connectivity index (χ2n) is 18.9. The molecule has 0 unspecified atom stereocenters. The Bertz CT molecular complexity index is 1330. The Morgan fingerprint density at radius 3 is 1.63 bits per heavy atom. The first-order valence-electron chi connectivity index (χ1n) is 22.7. The molecule has 6 heterocycles. The number of methoxy groups -OCH3 is 1. The highest BCUT2D eigenvalue weighted by Gasteiger charge is 2.62.